The molecule has 1 aliphatic heterocycles. The minimum Gasteiger partial charge on any atom is -0.497 e. The highest BCUT2D eigenvalue weighted by Crippen LogP contribution is 2.30. The van der Waals surface area contributed by atoms with Crippen LogP contribution in [-0.2, 0) is 13.1 Å². The normalized spacial score (nSPS) is 18.1. The molecular weight excluding hydrogens is 326 g/mol. The molecule has 0 bridgehead atoms. The number of hydrogen-bond donors (Lipinski definition) is 0. The summed E-state index contributed by atoms with van der Waals surface area (Å²) in [5.41, 5.74) is 2.59. The minimum absolute atomic E-state index is 0.128. The first-order chi connectivity index (χ1) is 12.7. The summed E-state index contributed by atoms with van der Waals surface area (Å²) >= 11 is 0. The molecule has 5 nitrogen and oxygen atoms in total. The zero-order valence-electron chi connectivity index (χ0n) is 15.4. The first-order valence-corrected chi connectivity index (χ1v) is 9.52. The highest BCUT2D eigenvalue weighted by atomic mass is 16.5. The standard InChI is InChI=1S/C21H27N3O2/c1-26-20-4-2-3-19(13-20)23-11-9-22(10-12-23)14-18-7-8-21(25)24(16-18)15-17-5-6-17/h2-4,7-8,13,16-17H,5-6,9-12,14-15H2,1H3. The topological polar surface area (TPSA) is 37.7 Å². The van der Waals surface area contributed by atoms with E-state index in [9.17, 15) is 4.79 Å². The predicted octanol–water partition coefficient (Wildman–Crippen LogP) is 2.59. The van der Waals surface area contributed by atoms with Crippen molar-refractivity contribution in [1.29, 1.82) is 0 Å². The van der Waals surface area contributed by atoms with Crippen molar-refractivity contribution < 1.29 is 4.74 Å². The van der Waals surface area contributed by atoms with Crippen LogP contribution in [0.25, 0.3) is 0 Å². The zero-order chi connectivity index (χ0) is 17.9. The highest BCUT2D eigenvalue weighted by Gasteiger charge is 2.22. The molecule has 2 aliphatic rings. The number of rotatable bonds is 6. The average Bonchev–Trinajstić information content (AvgIpc) is 3.49. The highest BCUT2D eigenvalue weighted by molar-refractivity contribution is 5.51. The van der Waals surface area contributed by atoms with Crippen molar-refractivity contribution in [2.75, 3.05) is 38.2 Å². The molecule has 4 rings (SSSR count). The second kappa shape index (κ2) is 7.54. The van der Waals surface area contributed by atoms with E-state index < -0.39 is 0 Å². The van der Waals surface area contributed by atoms with Crippen LogP contribution in [0.3, 0.4) is 0 Å². The van der Waals surface area contributed by atoms with Crippen LogP contribution in [-0.4, -0.2) is 42.8 Å². The molecule has 0 atom stereocenters. The number of anilines is 1. The van der Waals surface area contributed by atoms with Crippen molar-refractivity contribution in [3.05, 3.63) is 58.5 Å². The predicted molar refractivity (Wildman–Crippen MR) is 104 cm³/mol. The molecule has 0 spiro atoms. The second-order valence-corrected chi connectivity index (χ2v) is 7.44. The molecule has 5 heteroatoms. The summed E-state index contributed by atoms with van der Waals surface area (Å²) < 4.78 is 7.24. The maximum Gasteiger partial charge on any atom is 0.250 e. The number of pyridine rings is 1. The lowest BCUT2D eigenvalue weighted by atomic mass is 10.2. The van der Waals surface area contributed by atoms with Crippen molar-refractivity contribution in [2.45, 2.75) is 25.9 Å². The van der Waals surface area contributed by atoms with E-state index in [1.54, 1.807) is 13.2 Å². The van der Waals surface area contributed by atoms with Gasteiger partial charge in [-0.2, -0.15) is 0 Å². The Balaban J connectivity index is 1.35. The Kier molecular flexibility index (Phi) is 4.98. The number of benzene rings is 1. The Morgan fingerprint density at radius 3 is 2.62 bits per heavy atom. The van der Waals surface area contributed by atoms with Crippen LogP contribution < -0.4 is 15.2 Å². The minimum atomic E-state index is 0.128. The summed E-state index contributed by atoms with van der Waals surface area (Å²) in [6.45, 7) is 5.87. The first-order valence-electron chi connectivity index (χ1n) is 9.52. The van der Waals surface area contributed by atoms with E-state index in [0.29, 0.717) is 5.92 Å². The van der Waals surface area contributed by atoms with Crippen LogP contribution in [0.15, 0.2) is 47.4 Å². The molecule has 2 fully saturated rings. The molecule has 0 amide bonds. The maximum absolute atomic E-state index is 12.0. The van der Waals surface area contributed by atoms with Gasteiger partial charge in [-0.05, 0) is 36.5 Å². The molecule has 1 saturated heterocycles. The van der Waals surface area contributed by atoms with Gasteiger partial charge in [0.05, 0.1) is 7.11 Å². The van der Waals surface area contributed by atoms with E-state index in [4.69, 9.17) is 4.74 Å². The fraction of sp³-hybridized carbons (Fsp3) is 0.476. The first kappa shape index (κ1) is 17.2. The van der Waals surface area contributed by atoms with Crippen LogP contribution in [0, 0.1) is 5.92 Å². The smallest absolute Gasteiger partial charge is 0.250 e. The summed E-state index contributed by atoms with van der Waals surface area (Å²) in [5.74, 6) is 1.62. The van der Waals surface area contributed by atoms with Crippen molar-refractivity contribution in [3.8, 4) is 5.75 Å². The monoisotopic (exact) mass is 353 g/mol. The number of nitrogens with zero attached hydrogens (tertiary/aromatic N) is 3. The Labute approximate surface area is 154 Å². The van der Waals surface area contributed by atoms with Gasteiger partial charge in [-0.1, -0.05) is 12.1 Å². The van der Waals surface area contributed by atoms with E-state index >= 15 is 0 Å². The number of piperazine rings is 1. The van der Waals surface area contributed by atoms with Gasteiger partial charge in [0.1, 0.15) is 5.75 Å². The molecular formula is C21H27N3O2. The fourth-order valence-corrected chi connectivity index (χ4v) is 3.63. The third-order valence-electron chi connectivity index (χ3n) is 5.39. The van der Waals surface area contributed by atoms with Crippen molar-refractivity contribution in [2.24, 2.45) is 5.92 Å². The van der Waals surface area contributed by atoms with Crippen LogP contribution in [0.2, 0.25) is 0 Å². The third kappa shape index (κ3) is 4.10. The number of methoxy groups -OCH3 is 1. The molecule has 1 aromatic heterocycles. The van der Waals surface area contributed by atoms with E-state index in [0.717, 1.165) is 45.0 Å². The summed E-state index contributed by atoms with van der Waals surface area (Å²) in [6, 6.07) is 12.0. The third-order valence-corrected chi connectivity index (χ3v) is 5.39. The van der Waals surface area contributed by atoms with E-state index in [2.05, 4.69) is 28.1 Å². The van der Waals surface area contributed by atoms with Gasteiger partial charge in [-0.25, -0.2) is 0 Å². The Morgan fingerprint density at radius 2 is 1.88 bits per heavy atom. The molecule has 0 radical (unpaired) electrons. The van der Waals surface area contributed by atoms with Crippen LogP contribution in [0.1, 0.15) is 18.4 Å². The number of aromatic nitrogens is 1. The van der Waals surface area contributed by atoms with Gasteiger partial charge in [0.15, 0.2) is 0 Å². The van der Waals surface area contributed by atoms with E-state index in [-0.39, 0.29) is 5.56 Å². The van der Waals surface area contributed by atoms with Gasteiger partial charge in [0.2, 0.25) is 0 Å². The van der Waals surface area contributed by atoms with Crippen molar-refractivity contribution in [3.63, 3.8) is 0 Å². The van der Waals surface area contributed by atoms with Gasteiger partial charge in [-0.3, -0.25) is 9.69 Å². The Bertz CT molecular complexity index is 805. The Hall–Kier alpha value is -2.27. The van der Waals surface area contributed by atoms with Gasteiger partial charge in [-0.15, -0.1) is 0 Å². The summed E-state index contributed by atoms with van der Waals surface area (Å²) in [7, 11) is 1.71. The van der Waals surface area contributed by atoms with Gasteiger partial charge in [0.25, 0.3) is 5.56 Å². The quantitative estimate of drug-likeness (QED) is 0.800. The van der Waals surface area contributed by atoms with Crippen LogP contribution in [0.4, 0.5) is 5.69 Å². The molecule has 138 valence electrons. The molecule has 0 N–H and O–H groups in total. The second-order valence-electron chi connectivity index (χ2n) is 7.44. The Morgan fingerprint density at radius 1 is 1.08 bits per heavy atom. The van der Waals surface area contributed by atoms with Gasteiger partial charge in [0, 0.05) is 63.3 Å². The van der Waals surface area contributed by atoms with E-state index in [1.807, 2.05) is 22.8 Å². The largest absolute Gasteiger partial charge is 0.497 e. The number of ether oxygens (including phenoxy) is 1. The van der Waals surface area contributed by atoms with Crippen LogP contribution >= 0.6 is 0 Å². The molecule has 1 aromatic carbocycles. The SMILES string of the molecule is COc1cccc(N2CCN(Cc3ccc(=O)n(CC4CC4)c3)CC2)c1. The summed E-state index contributed by atoms with van der Waals surface area (Å²) in [5, 5.41) is 0. The molecule has 26 heavy (non-hydrogen) atoms. The summed E-state index contributed by atoms with van der Waals surface area (Å²) in [6.07, 6.45) is 4.60. The maximum atomic E-state index is 12.0. The zero-order valence-corrected chi connectivity index (χ0v) is 15.4. The van der Waals surface area contributed by atoms with Crippen molar-refractivity contribution >= 4 is 5.69 Å². The average molecular weight is 353 g/mol. The van der Waals surface area contributed by atoms with Crippen LogP contribution in [0.5, 0.6) is 5.75 Å². The number of hydrogen-bond acceptors (Lipinski definition) is 4. The van der Waals surface area contributed by atoms with Crippen molar-refractivity contribution in [1.82, 2.24) is 9.47 Å². The lowest BCUT2D eigenvalue weighted by Crippen LogP contribution is -2.46. The summed E-state index contributed by atoms with van der Waals surface area (Å²) in [4.78, 5) is 16.9. The lowest BCUT2D eigenvalue weighted by Gasteiger charge is -2.36. The lowest BCUT2D eigenvalue weighted by molar-refractivity contribution is 0.249. The molecule has 2 aromatic rings. The molecule has 2 heterocycles. The van der Waals surface area contributed by atoms with Gasteiger partial charge >= 0.3 is 0 Å². The molecule has 1 aliphatic carbocycles. The molecule has 1 saturated carbocycles. The fourth-order valence-electron chi connectivity index (χ4n) is 3.63. The molecule has 0 unspecified atom stereocenters. The van der Waals surface area contributed by atoms with Gasteiger partial charge < -0.3 is 14.2 Å². The van der Waals surface area contributed by atoms with E-state index in [1.165, 1.54) is 24.1 Å².